The van der Waals surface area contributed by atoms with Gasteiger partial charge in [0, 0.05) is 12.4 Å². The number of rotatable bonds is 2. The molecule has 80 valence electrons. The first-order valence-electron chi connectivity index (χ1n) is 4.74. The fourth-order valence-corrected chi connectivity index (χ4v) is 2.88. The highest BCUT2D eigenvalue weighted by Gasteiger charge is 2.19. The summed E-state index contributed by atoms with van der Waals surface area (Å²) < 4.78 is 1.76. The summed E-state index contributed by atoms with van der Waals surface area (Å²) in [7, 11) is 1.85. The van der Waals surface area contributed by atoms with Gasteiger partial charge in [0.1, 0.15) is 9.71 Å². The molecule has 0 fully saturated rings. The van der Waals surface area contributed by atoms with Crippen molar-refractivity contribution in [1.82, 2.24) is 9.78 Å². The van der Waals surface area contributed by atoms with E-state index < -0.39 is 5.97 Å². The first kappa shape index (κ1) is 10.2. The second-order valence-electron chi connectivity index (χ2n) is 3.47. The summed E-state index contributed by atoms with van der Waals surface area (Å²) in [5.41, 5.74) is 1.82. The third-order valence-corrected chi connectivity index (χ3v) is 3.86. The van der Waals surface area contributed by atoms with Crippen LogP contribution in [0.1, 0.15) is 27.9 Å². The Morgan fingerprint density at radius 2 is 2.27 bits per heavy atom. The number of aryl methyl sites for hydroxylation is 3. The van der Waals surface area contributed by atoms with E-state index >= 15 is 0 Å². The van der Waals surface area contributed by atoms with Crippen molar-refractivity contribution in [2.45, 2.75) is 20.3 Å². The average molecular weight is 224 g/mol. The molecule has 0 atom stereocenters. The maximum atomic E-state index is 11.0. The minimum absolute atomic E-state index is 0.424. The lowest BCUT2D eigenvalue weighted by Crippen LogP contribution is -1.95. The Hall–Kier alpha value is -1.36. The van der Waals surface area contributed by atoms with Crippen molar-refractivity contribution in [3.8, 4) is 0 Å². The lowest BCUT2D eigenvalue weighted by molar-refractivity contribution is 0.0701. The van der Waals surface area contributed by atoms with Gasteiger partial charge in [-0.15, -0.1) is 11.3 Å². The van der Waals surface area contributed by atoms with Gasteiger partial charge in [-0.1, -0.05) is 6.92 Å². The van der Waals surface area contributed by atoms with Gasteiger partial charge in [-0.25, -0.2) is 4.79 Å². The standard InChI is InChI=1S/C10H12N2O2S/c1-4-6-7-5(2)8(10(13)14)15-9(7)12(3)11-6/h4H2,1-3H3,(H,13,14). The van der Waals surface area contributed by atoms with E-state index in [9.17, 15) is 4.79 Å². The van der Waals surface area contributed by atoms with Crippen LogP contribution in [0.25, 0.3) is 10.2 Å². The minimum atomic E-state index is -0.851. The maximum absolute atomic E-state index is 11.0. The molecule has 0 aromatic carbocycles. The van der Waals surface area contributed by atoms with Crippen LogP contribution in [0.15, 0.2) is 0 Å². The molecule has 0 amide bonds. The van der Waals surface area contributed by atoms with Crippen molar-refractivity contribution < 1.29 is 9.90 Å². The Kier molecular flexibility index (Phi) is 2.26. The van der Waals surface area contributed by atoms with Gasteiger partial charge in [0.15, 0.2) is 0 Å². The first-order valence-corrected chi connectivity index (χ1v) is 5.56. The number of aromatic nitrogens is 2. The zero-order chi connectivity index (χ0) is 11.2. The Balaban J connectivity index is 2.83. The molecular formula is C10H12N2O2S. The monoisotopic (exact) mass is 224 g/mol. The summed E-state index contributed by atoms with van der Waals surface area (Å²) >= 11 is 1.30. The van der Waals surface area contributed by atoms with Crippen molar-refractivity contribution in [2.75, 3.05) is 0 Å². The molecule has 2 aromatic heterocycles. The highest BCUT2D eigenvalue weighted by atomic mass is 32.1. The van der Waals surface area contributed by atoms with E-state index in [1.807, 2.05) is 20.9 Å². The minimum Gasteiger partial charge on any atom is -0.477 e. The SMILES string of the molecule is CCc1nn(C)c2sc(C(=O)O)c(C)c12. The van der Waals surface area contributed by atoms with Gasteiger partial charge in [0.25, 0.3) is 0 Å². The van der Waals surface area contributed by atoms with Crippen LogP contribution in [-0.4, -0.2) is 20.9 Å². The Morgan fingerprint density at radius 1 is 1.60 bits per heavy atom. The lowest BCUT2D eigenvalue weighted by atomic mass is 10.1. The fraction of sp³-hybridized carbons (Fsp3) is 0.400. The molecule has 2 heterocycles. The van der Waals surface area contributed by atoms with Crippen LogP contribution in [0.2, 0.25) is 0 Å². The van der Waals surface area contributed by atoms with Crippen LogP contribution in [0, 0.1) is 6.92 Å². The molecule has 5 heteroatoms. The molecule has 0 aliphatic heterocycles. The number of nitrogens with zero attached hydrogens (tertiary/aromatic N) is 2. The van der Waals surface area contributed by atoms with Crippen LogP contribution < -0.4 is 0 Å². The third-order valence-electron chi connectivity index (χ3n) is 2.51. The van der Waals surface area contributed by atoms with Crippen molar-refractivity contribution in [3.63, 3.8) is 0 Å². The summed E-state index contributed by atoms with van der Waals surface area (Å²) in [5.74, 6) is -0.851. The number of aromatic carboxylic acids is 1. The number of fused-ring (bicyclic) bond motifs is 1. The smallest absolute Gasteiger partial charge is 0.346 e. The van der Waals surface area contributed by atoms with E-state index in [0.29, 0.717) is 4.88 Å². The average Bonchev–Trinajstić information content (AvgIpc) is 2.66. The van der Waals surface area contributed by atoms with Gasteiger partial charge in [-0.2, -0.15) is 5.10 Å². The maximum Gasteiger partial charge on any atom is 0.346 e. The summed E-state index contributed by atoms with van der Waals surface area (Å²) in [5, 5.41) is 14.4. The molecule has 4 nitrogen and oxygen atoms in total. The molecule has 0 aliphatic rings. The van der Waals surface area contributed by atoms with Crippen LogP contribution in [0.4, 0.5) is 0 Å². The number of hydrogen-bond donors (Lipinski definition) is 1. The second-order valence-corrected chi connectivity index (χ2v) is 4.46. The van der Waals surface area contributed by atoms with Crippen LogP contribution in [0.3, 0.4) is 0 Å². The number of carboxylic acids is 1. The summed E-state index contributed by atoms with van der Waals surface area (Å²) in [4.78, 5) is 12.4. The number of carboxylic acid groups (broad SMARTS) is 1. The van der Waals surface area contributed by atoms with Crippen LogP contribution >= 0.6 is 11.3 Å². The van der Waals surface area contributed by atoms with Gasteiger partial charge in [0.05, 0.1) is 5.69 Å². The largest absolute Gasteiger partial charge is 0.477 e. The molecule has 2 aromatic rings. The summed E-state index contributed by atoms with van der Waals surface area (Å²) in [6.07, 6.45) is 0.827. The number of thiophene rings is 1. The van der Waals surface area contributed by atoms with Crippen LogP contribution in [0.5, 0.6) is 0 Å². The van der Waals surface area contributed by atoms with Gasteiger partial charge in [0.2, 0.25) is 0 Å². The van der Waals surface area contributed by atoms with Gasteiger partial charge >= 0.3 is 5.97 Å². The zero-order valence-corrected chi connectivity index (χ0v) is 9.68. The first-order chi connectivity index (χ1) is 7.06. The molecule has 2 rings (SSSR count). The number of carbonyl (C=O) groups is 1. The molecule has 1 N–H and O–H groups in total. The molecular weight excluding hydrogens is 212 g/mol. The van der Waals surface area contributed by atoms with E-state index in [0.717, 1.165) is 27.9 Å². The Bertz CT molecular complexity index is 539. The molecule has 0 bridgehead atoms. The van der Waals surface area contributed by atoms with Crippen molar-refractivity contribution in [1.29, 1.82) is 0 Å². The van der Waals surface area contributed by atoms with Crippen molar-refractivity contribution in [2.24, 2.45) is 7.05 Å². The normalized spacial score (nSPS) is 11.1. The van der Waals surface area contributed by atoms with E-state index in [2.05, 4.69) is 5.10 Å². The predicted molar refractivity (Wildman–Crippen MR) is 59.7 cm³/mol. The zero-order valence-electron chi connectivity index (χ0n) is 8.87. The van der Waals surface area contributed by atoms with Crippen molar-refractivity contribution >= 4 is 27.5 Å². The predicted octanol–water partition coefficient (Wildman–Crippen LogP) is 2.20. The highest BCUT2D eigenvalue weighted by molar-refractivity contribution is 7.20. The molecule has 0 spiro atoms. The summed E-state index contributed by atoms with van der Waals surface area (Å²) in [6, 6.07) is 0. The fourth-order valence-electron chi connectivity index (χ4n) is 1.79. The van der Waals surface area contributed by atoms with Gasteiger partial charge in [-0.05, 0) is 18.9 Å². The molecule has 0 aliphatic carbocycles. The van der Waals surface area contributed by atoms with E-state index in [-0.39, 0.29) is 0 Å². The van der Waals surface area contributed by atoms with E-state index in [4.69, 9.17) is 5.11 Å². The Labute approximate surface area is 91.1 Å². The second kappa shape index (κ2) is 3.34. The topological polar surface area (TPSA) is 55.1 Å². The molecule has 0 saturated heterocycles. The molecule has 0 unspecified atom stereocenters. The lowest BCUT2D eigenvalue weighted by Gasteiger charge is -1.93. The van der Waals surface area contributed by atoms with Crippen LogP contribution in [-0.2, 0) is 13.5 Å². The molecule has 0 radical (unpaired) electrons. The third kappa shape index (κ3) is 1.34. The molecule has 0 saturated carbocycles. The van der Waals surface area contributed by atoms with Gasteiger partial charge < -0.3 is 5.11 Å². The van der Waals surface area contributed by atoms with E-state index in [1.54, 1.807) is 4.68 Å². The number of hydrogen-bond acceptors (Lipinski definition) is 3. The Morgan fingerprint density at radius 3 is 2.80 bits per heavy atom. The highest BCUT2D eigenvalue weighted by Crippen LogP contribution is 2.32. The quantitative estimate of drug-likeness (QED) is 0.850. The van der Waals surface area contributed by atoms with Crippen molar-refractivity contribution in [3.05, 3.63) is 16.1 Å². The summed E-state index contributed by atoms with van der Waals surface area (Å²) in [6.45, 7) is 3.88. The van der Waals surface area contributed by atoms with E-state index in [1.165, 1.54) is 11.3 Å². The molecule has 15 heavy (non-hydrogen) atoms. The van der Waals surface area contributed by atoms with Gasteiger partial charge in [-0.3, -0.25) is 4.68 Å².